The van der Waals surface area contributed by atoms with Crippen LogP contribution in [0.4, 0.5) is 0 Å². The molecule has 0 unspecified atom stereocenters. The van der Waals surface area contributed by atoms with Crippen LogP contribution in [-0.4, -0.2) is 39.2 Å². The molecule has 0 spiro atoms. The fourth-order valence-corrected chi connectivity index (χ4v) is 3.30. The second kappa shape index (κ2) is 11.2. The van der Waals surface area contributed by atoms with Gasteiger partial charge in [0.2, 0.25) is 5.91 Å². The highest BCUT2D eigenvalue weighted by Gasteiger charge is 2.23. The SMILES string of the molecule is COc1cc(OC)c(OC)cc1CNC(=O)[C@H](CC(C)C)NC(=O)c1ccccc1C. The third-order valence-corrected chi connectivity index (χ3v) is 4.96. The Morgan fingerprint density at radius 1 is 0.935 bits per heavy atom. The van der Waals surface area contributed by atoms with Gasteiger partial charge < -0.3 is 24.8 Å². The van der Waals surface area contributed by atoms with E-state index in [2.05, 4.69) is 10.6 Å². The quantitative estimate of drug-likeness (QED) is 0.605. The van der Waals surface area contributed by atoms with Crippen molar-refractivity contribution < 1.29 is 23.8 Å². The van der Waals surface area contributed by atoms with Crippen molar-refractivity contribution in [3.05, 3.63) is 53.1 Å². The second-order valence-electron chi connectivity index (χ2n) is 7.71. The maximum atomic E-state index is 13.0. The lowest BCUT2D eigenvalue weighted by atomic mass is 10.0. The van der Waals surface area contributed by atoms with Gasteiger partial charge in [-0.15, -0.1) is 0 Å². The lowest BCUT2D eigenvalue weighted by Crippen LogP contribution is -2.47. The first-order valence-electron chi connectivity index (χ1n) is 10.2. The summed E-state index contributed by atoms with van der Waals surface area (Å²) in [5.41, 5.74) is 2.16. The Labute approximate surface area is 184 Å². The number of methoxy groups -OCH3 is 3. The number of rotatable bonds is 10. The molecule has 2 aromatic rings. The van der Waals surface area contributed by atoms with Gasteiger partial charge in [0.05, 0.1) is 21.3 Å². The van der Waals surface area contributed by atoms with Crippen LogP contribution in [-0.2, 0) is 11.3 Å². The zero-order valence-corrected chi connectivity index (χ0v) is 19.1. The van der Waals surface area contributed by atoms with E-state index in [1.165, 1.54) is 0 Å². The van der Waals surface area contributed by atoms with Gasteiger partial charge in [-0.2, -0.15) is 0 Å². The van der Waals surface area contributed by atoms with Crippen LogP contribution in [0.2, 0.25) is 0 Å². The fourth-order valence-electron chi connectivity index (χ4n) is 3.30. The molecule has 0 saturated heterocycles. The van der Waals surface area contributed by atoms with Gasteiger partial charge in [-0.3, -0.25) is 9.59 Å². The summed E-state index contributed by atoms with van der Waals surface area (Å²) in [4.78, 5) is 25.7. The van der Waals surface area contributed by atoms with E-state index in [0.29, 0.717) is 29.2 Å². The summed E-state index contributed by atoms with van der Waals surface area (Å²) in [5.74, 6) is 1.36. The molecule has 31 heavy (non-hydrogen) atoms. The molecule has 0 aliphatic carbocycles. The molecule has 0 aliphatic heterocycles. The molecule has 2 rings (SSSR count). The lowest BCUT2D eigenvalue weighted by molar-refractivity contribution is -0.123. The Morgan fingerprint density at radius 2 is 1.55 bits per heavy atom. The van der Waals surface area contributed by atoms with Crippen LogP contribution in [0.25, 0.3) is 0 Å². The van der Waals surface area contributed by atoms with E-state index in [4.69, 9.17) is 14.2 Å². The predicted molar refractivity (Wildman–Crippen MR) is 120 cm³/mol. The predicted octanol–water partition coefficient (Wildman–Crippen LogP) is 3.48. The van der Waals surface area contributed by atoms with Crippen molar-refractivity contribution in [1.82, 2.24) is 10.6 Å². The van der Waals surface area contributed by atoms with Crippen LogP contribution >= 0.6 is 0 Å². The van der Waals surface area contributed by atoms with Gasteiger partial charge in [0.15, 0.2) is 11.5 Å². The minimum atomic E-state index is -0.654. The molecule has 0 saturated carbocycles. The number of ether oxygens (including phenoxy) is 3. The average molecular weight is 429 g/mol. The molecular formula is C24H32N2O5. The summed E-state index contributed by atoms with van der Waals surface area (Å²) in [6.07, 6.45) is 0.520. The molecule has 0 bridgehead atoms. The highest BCUT2D eigenvalue weighted by atomic mass is 16.5. The second-order valence-corrected chi connectivity index (χ2v) is 7.71. The third-order valence-electron chi connectivity index (χ3n) is 4.96. The maximum Gasteiger partial charge on any atom is 0.252 e. The van der Waals surface area contributed by atoms with Gasteiger partial charge in [0.25, 0.3) is 5.91 Å². The van der Waals surface area contributed by atoms with Crippen molar-refractivity contribution in [3.8, 4) is 17.2 Å². The Morgan fingerprint density at radius 3 is 2.13 bits per heavy atom. The smallest absolute Gasteiger partial charge is 0.252 e. The summed E-state index contributed by atoms with van der Waals surface area (Å²) < 4.78 is 16.1. The van der Waals surface area contributed by atoms with Crippen LogP contribution in [0, 0.1) is 12.8 Å². The van der Waals surface area contributed by atoms with Crippen molar-refractivity contribution in [1.29, 1.82) is 0 Å². The number of carbonyl (C=O) groups is 2. The normalized spacial score (nSPS) is 11.6. The van der Waals surface area contributed by atoms with Gasteiger partial charge in [0, 0.05) is 23.7 Å². The summed E-state index contributed by atoms with van der Waals surface area (Å²) >= 11 is 0. The molecular weight excluding hydrogens is 396 g/mol. The minimum absolute atomic E-state index is 0.219. The molecule has 2 aromatic carbocycles. The van der Waals surface area contributed by atoms with Crippen molar-refractivity contribution in [2.45, 2.75) is 39.8 Å². The van der Waals surface area contributed by atoms with Crippen LogP contribution in [0.5, 0.6) is 17.2 Å². The number of nitrogens with one attached hydrogen (secondary N) is 2. The van der Waals surface area contributed by atoms with Crippen LogP contribution in [0.15, 0.2) is 36.4 Å². The molecule has 0 aromatic heterocycles. The van der Waals surface area contributed by atoms with Crippen molar-refractivity contribution in [2.75, 3.05) is 21.3 Å². The first-order chi connectivity index (χ1) is 14.8. The van der Waals surface area contributed by atoms with E-state index in [-0.39, 0.29) is 24.3 Å². The molecule has 168 valence electrons. The Balaban J connectivity index is 2.16. The van der Waals surface area contributed by atoms with Crippen molar-refractivity contribution in [2.24, 2.45) is 5.92 Å². The van der Waals surface area contributed by atoms with Crippen molar-refractivity contribution >= 4 is 11.8 Å². The number of amides is 2. The topological polar surface area (TPSA) is 85.9 Å². The van der Waals surface area contributed by atoms with Gasteiger partial charge in [-0.25, -0.2) is 0 Å². The molecule has 1 atom stereocenters. The molecule has 7 nitrogen and oxygen atoms in total. The molecule has 0 radical (unpaired) electrons. The van der Waals surface area contributed by atoms with Gasteiger partial charge in [-0.1, -0.05) is 32.0 Å². The first kappa shape index (κ1) is 24.1. The zero-order valence-electron chi connectivity index (χ0n) is 19.1. The monoisotopic (exact) mass is 428 g/mol. The highest BCUT2D eigenvalue weighted by molar-refractivity contribution is 5.98. The van der Waals surface area contributed by atoms with Gasteiger partial charge >= 0.3 is 0 Å². The summed E-state index contributed by atoms with van der Waals surface area (Å²) in [7, 11) is 4.65. The minimum Gasteiger partial charge on any atom is -0.496 e. The van der Waals surface area contributed by atoms with E-state index in [1.807, 2.05) is 39.0 Å². The molecule has 0 aliphatic rings. The maximum absolute atomic E-state index is 13.0. The number of hydrogen-bond acceptors (Lipinski definition) is 5. The van der Waals surface area contributed by atoms with E-state index in [0.717, 1.165) is 11.1 Å². The Kier molecular flexibility index (Phi) is 8.73. The first-order valence-corrected chi connectivity index (χ1v) is 10.2. The number of benzene rings is 2. The molecule has 2 amide bonds. The highest BCUT2D eigenvalue weighted by Crippen LogP contribution is 2.34. The lowest BCUT2D eigenvalue weighted by Gasteiger charge is -2.21. The third kappa shape index (κ3) is 6.38. The van der Waals surface area contributed by atoms with Crippen LogP contribution in [0.3, 0.4) is 0 Å². The number of aryl methyl sites for hydroxylation is 1. The number of carbonyl (C=O) groups excluding carboxylic acids is 2. The van der Waals surface area contributed by atoms with E-state index in [9.17, 15) is 9.59 Å². The van der Waals surface area contributed by atoms with Gasteiger partial charge in [-0.05, 0) is 37.0 Å². The van der Waals surface area contributed by atoms with Gasteiger partial charge in [0.1, 0.15) is 11.8 Å². The Bertz CT molecular complexity index is 911. The molecule has 2 N–H and O–H groups in total. The molecule has 0 fully saturated rings. The summed E-state index contributed by atoms with van der Waals surface area (Å²) in [6, 6.07) is 10.1. The van der Waals surface area contributed by atoms with E-state index >= 15 is 0 Å². The van der Waals surface area contributed by atoms with Crippen LogP contribution in [0.1, 0.15) is 41.8 Å². The van der Waals surface area contributed by atoms with Crippen LogP contribution < -0.4 is 24.8 Å². The average Bonchev–Trinajstić information content (AvgIpc) is 2.76. The Hall–Kier alpha value is -3.22. The van der Waals surface area contributed by atoms with E-state index in [1.54, 1.807) is 39.5 Å². The van der Waals surface area contributed by atoms with Crippen molar-refractivity contribution in [3.63, 3.8) is 0 Å². The molecule has 7 heteroatoms. The largest absolute Gasteiger partial charge is 0.496 e. The zero-order chi connectivity index (χ0) is 23.0. The summed E-state index contributed by atoms with van der Waals surface area (Å²) in [6.45, 7) is 6.11. The summed E-state index contributed by atoms with van der Waals surface area (Å²) in [5, 5.41) is 5.79. The molecule has 0 heterocycles. The van der Waals surface area contributed by atoms with E-state index < -0.39 is 6.04 Å². The number of hydrogen-bond donors (Lipinski definition) is 2. The fraction of sp³-hybridized carbons (Fsp3) is 0.417. The standard InChI is InChI=1S/C24H32N2O5/c1-15(2)11-19(26-23(27)18-10-8-7-9-16(18)3)24(28)25-14-17-12-21(30-5)22(31-6)13-20(17)29-4/h7-10,12-13,15,19H,11,14H2,1-6H3,(H,25,28)(H,26,27)/t19-/m0/s1.